The van der Waals surface area contributed by atoms with Crippen LogP contribution in [-0.2, 0) is 0 Å². The number of rotatable bonds is 6. The molecule has 0 spiro atoms. The van der Waals surface area contributed by atoms with Crippen molar-refractivity contribution in [3.05, 3.63) is 29.8 Å². The number of hydrogen-bond donors (Lipinski definition) is 1. The van der Waals surface area contributed by atoms with Gasteiger partial charge >= 0.3 is 0 Å². The van der Waals surface area contributed by atoms with Gasteiger partial charge in [-0.05, 0) is 49.3 Å². The van der Waals surface area contributed by atoms with Crippen LogP contribution in [0.5, 0.6) is 5.75 Å². The molecule has 2 atom stereocenters. The van der Waals surface area contributed by atoms with E-state index in [1.165, 1.54) is 37.7 Å². The number of benzene rings is 1. The Morgan fingerprint density at radius 1 is 1.21 bits per heavy atom. The summed E-state index contributed by atoms with van der Waals surface area (Å²) >= 11 is 0. The Hall–Kier alpha value is -1.02. The van der Waals surface area contributed by atoms with E-state index < -0.39 is 0 Å². The molecule has 0 saturated heterocycles. The van der Waals surface area contributed by atoms with Crippen LogP contribution in [0.4, 0.5) is 0 Å². The SMILES string of the molecule is CCNC(CC1CC1)CC1CCOc2ccccc21. The number of nitrogens with one attached hydrogen (secondary N) is 1. The van der Waals surface area contributed by atoms with E-state index in [0.29, 0.717) is 12.0 Å². The summed E-state index contributed by atoms with van der Waals surface area (Å²) in [4.78, 5) is 0. The lowest BCUT2D eigenvalue weighted by Gasteiger charge is -2.29. The molecule has 2 unspecified atom stereocenters. The van der Waals surface area contributed by atoms with Gasteiger partial charge in [-0.2, -0.15) is 0 Å². The fourth-order valence-electron chi connectivity index (χ4n) is 3.31. The lowest BCUT2D eigenvalue weighted by molar-refractivity contribution is 0.252. The summed E-state index contributed by atoms with van der Waals surface area (Å²) in [5.74, 6) is 2.78. The first-order chi connectivity index (χ1) is 9.36. The zero-order chi connectivity index (χ0) is 13.1. The Morgan fingerprint density at radius 2 is 2.05 bits per heavy atom. The Bertz CT molecular complexity index is 413. The minimum absolute atomic E-state index is 0.674. The lowest BCUT2D eigenvalue weighted by atomic mass is 9.86. The third-order valence-corrected chi connectivity index (χ3v) is 4.46. The second kappa shape index (κ2) is 5.96. The average molecular weight is 259 g/mol. The minimum Gasteiger partial charge on any atom is -0.493 e. The maximum atomic E-state index is 5.77. The van der Waals surface area contributed by atoms with Gasteiger partial charge in [-0.3, -0.25) is 0 Å². The van der Waals surface area contributed by atoms with E-state index in [1.807, 2.05) is 0 Å². The van der Waals surface area contributed by atoms with E-state index in [-0.39, 0.29) is 0 Å². The molecule has 0 amide bonds. The maximum absolute atomic E-state index is 5.77. The van der Waals surface area contributed by atoms with E-state index in [4.69, 9.17) is 4.74 Å². The summed E-state index contributed by atoms with van der Waals surface area (Å²) in [6, 6.07) is 9.27. The molecule has 2 aliphatic rings. The Balaban J connectivity index is 1.67. The molecule has 1 saturated carbocycles. The summed E-state index contributed by atoms with van der Waals surface area (Å²) in [6.07, 6.45) is 6.71. The van der Waals surface area contributed by atoms with Crippen LogP contribution in [0.1, 0.15) is 50.5 Å². The second-order valence-electron chi connectivity index (χ2n) is 6.04. The molecule has 19 heavy (non-hydrogen) atoms. The molecule has 3 rings (SSSR count). The Labute approximate surface area is 116 Å². The number of fused-ring (bicyclic) bond motifs is 1. The van der Waals surface area contributed by atoms with Crippen LogP contribution in [-0.4, -0.2) is 19.2 Å². The van der Waals surface area contributed by atoms with Crippen LogP contribution >= 0.6 is 0 Å². The second-order valence-corrected chi connectivity index (χ2v) is 6.04. The molecule has 0 bridgehead atoms. The van der Waals surface area contributed by atoms with Gasteiger partial charge in [0.25, 0.3) is 0 Å². The van der Waals surface area contributed by atoms with Crippen molar-refractivity contribution in [2.45, 2.75) is 51.0 Å². The van der Waals surface area contributed by atoms with Crippen molar-refractivity contribution in [1.29, 1.82) is 0 Å². The fraction of sp³-hybridized carbons (Fsp3) is 0.647. The van der Waals surface area contributed by atoms with Gasteiger partial charge in [0.2, 0.25) is 0 Å². The molecule has 104 valence electrons. The normalized spacial score (nSPS) is 23.5. The maximum Gasteiger partial charge on any atom is 0.122 e. The predicted molar refractivity (Wildman–Crippen MR) is 78.7 cm³/mol. The summed E-state index contributed by atoms with van der Waals surface area (Å²) in [5, 5.41) is 3.69. The van der Waals surface area contributed by atoms with Crippen molar-refractivity contribution in [1.82, 2.24) is 5.32 Å². The van der Waals surface area contributed by atoms with Crippen LogP contribution in [0.15, 0.2) is 24.3 Å². The summed E-state index contributed by atoms with van der Waals surface area (Å²) < 4.78 is 5.77. The molecule has 1 fully saturated rings. The molecular formula is C17H25NO. The zero-order valence-corrected chi connectivity index (χ0v) is 11.9. The van der Waals surface area contributed by atoms with E-state index in [2.05, 4.69) is 36.5 Å². The van der Waals surface area contributed by atoms with Gasteiger partial charge in [0, 0.05) is 6.04 Å². The van der Waals surface area contributed by atoms with Gasteiger partial charge in [-0.1, -0.05) is 38.0 Å². The highest BCUT2D eigenvalue weighted by molar-refractivity contribution is 5.37. The molecule has 1 aromatic rings. The van der Waals surface area contributed by atoms with Crippen LogP contribution in [0.3, 0.4) is 0 Å². The van der Waals surface area contributed by atoms with Crippen molar-refractivity contribution in [3.8, 4) is 5.75 Å². The van der Waals surface area contributed by atoms with E-state index in [0.717, 1.165) is 24.8 Å². The van der Waals surface area contributed by atoms with Crippen molar-refractivity contribution < 1.29 is 4.74 Å². The highest BCUT2D eigenvalue weighted by atomic mass is 16.5. The number of ether oxygens (including phenoxy) is 1. The van der Waals surface area contributed by atoms with Crippen molar-refractivity contribution in [2.24, 2.45) is 5.92 Å². The number of para-hydroxylation sites is 1. The monoisotopic (exact) mass is 259 g/mol. The van der Waals surface area contributed by atoms with Gasteiger partial charge in [0.05, 0.1) is 6.61 Å². The molecule has 0 aromatic heterocycles. The van der Waals surface area contributed by atoms with Crippen LogP contribution in [0.2, 0.25) is 0 Å². The minimum atomic E-state index is 0.674. The first-order valence-electron chi connectivity index (χ1n) is 7.82. The van der Waals surface area contributed by atoms with Crippen molar-refractivity contribution in [3.63, 3.8) is 0 Å². The molecule has 2 heteroatoms. The van der Waals surface area contributed by atoms with E-state index in [9.17, 15) is 0 Å². The molecule has 1 aliphatic carbocycles. The molecule has 2 nitrogen and oxygen atoms in total. The third-order valence-electron chi connectivity index (χ3n) is 4.46. The summed E-state index contributed by atoms with van der Waals surface area (Å²) in [5.41, 5.74) is 1.42. The molecule has 1 aliphatic heterocycles. The quantitative estimate of drug-likeness (QED) is 0.840. The largest absolute Gasteiger partial charge is 0.493 e. The van der Waals surface area contributed by atoms with Gasteiger partial charge in [0.1, 0.15) is 5.75 Å². The smallest absolute Gasteiger partial charge is 0.122 e. The molecular weight excluding hydrogens is 234 g/mol. The Morgan fingerprint density at radius 3 is 2.84 bits per heavy atom. The number of hydrogen-bond acceptors (Lipinski definition) is 2. The average Bonchev–Trinajstić information content (AvgIpc) is 3.23. The highest BCUT2D eigenvalue weighted by Crippen LogP contribution is 2.39. The first-order valence-corrected chi connectivity index (χ1v) is 7.82. The van der Waals surface area contributed by atoms with Crippen molar-refractivity contribution in [2.75, 3.05) is 13.2 Å². The third kappa shape index (κ3) is 3.30. The van der Waals surface area contributed by atoms with E-state index >= 15 is 0 Å². The molecule has 1 N–H and O–H groups in total. The van der Waals surface area contributed by atoms with Gasteiger partial charge in [0.15, 0.2) is 0 Å². The summed E-state index contributed by atoms with van der Waals surface area (Å²) in [7, 11) is 0. The van der Waals surface area contributed by atoms with Crippen LogP contribution < -0.4 is 10.1 Å². The lowest BCUT2D eigenvalue weighted by Crippen LogP contribution is -2.32. The van der Waals surface area contributed by atoms with Crippen LogP contribution in [0, 0.1) is 5.92 Å². The molecule has 1 heterocycles. The predicted octanol–water partition coefficient (Wildman–Crippen LogP) is 3.72. The van der Waals surface area contributed by atoms with Gasteiger partial charge in [-0.15, -0.1) is 0 Å². The van der Waals surface area contributed by atoms with Crippen LogP contribution in [0.25, 0.3) is 0 Å². The first kappa shape index (κ1) is 13.0. The van der Waals surface area contributed by atoms with E-state index in [1.54, 1.807) is 0 Å². The van der Waals surface area contributed by atoms with Gasteiger partial charge in [-0.25, -0.2) is 0 Å². The van der Waals surface area contributed by atoms with Crippen molar-refractivity contribution >= 4 is 0 Å². The highest BCUT2D eigenvalue weighted by Gasteiger charge is 2.29. The standard InChI is InChI=1S/C17H25NO/c1-2-18-15(11-13-7-8-13)12-14-9-10-19-17-6-4-3-5-16(14)17/h3-6,13-15,18H,2,7-12H2,1H3. The topological polar surface area (TPSA) is 21.3 Å². The summed E-state index contributed by atoms with van der Waals surface area (Å²) in [6.45, 7) is 4.18. The molecule has 0 radical (unpaired) electrons. The fourth-order valence-corrected chi connectivity index (χ4v) is 3.31. The van der Waals surface area contributed by atoms with Gasteiger partial charge < -0.3 is 10.1 Å². The Kier molecular flexibility index (Phi) is 4.07. The zero-order valence-electron chi connectivity index (χ0n) is 11.9. The molecule has 1 aromatic carbocycles.